The summed E-state index contributed by atoms with van der Waals surface area (Å²) in [5.41, 5.74) is -0.275. The van der Waals surface area contributed by atoms with Gasteiger partial charge in [0.1, 0.15) is 11.2 Å². The summed E-state index contributed by atoms with van der Waals surface area (Å²) in [6, 6.07) is 0. The van der Waals surface area contributed by atoms with Crippen molar-refractivity contribution in [1.29, 1.82) is 0 Å². The first kappa shape index (κ1) is 13.7. The number of rotatable bonds is 2. The SMILES string of the molecule is C=C(C)C(=O)OC1(C)CC2CC(C1)C1(CCC(=O)O1)C2. The predicted molar refractivity (Wildman–Crippen MR) is 72.8 cm³/mol. The molecule has 0 aromatic carbocycles. The molecule has 0 aromatic rings. The average Bonchev–Trinajstić information content (AvgIpc) is 2.81. The summed E-state index contributed by atoms with van der Waals surface area (Å²) >= 11 is 0. The van der Waals surface area contributed by atoms with Gasteiger partial charge in [0.15, 0.2) is 0 Å². The van der Waals surface area contributed by atoms with Crippen molar-refractivity contribution >= 4 is 11.9 Å². The highest BCUT2D eigenvalue weighted by atomic mass is 16.6. The summed E-state index contributed by atoms with van der Waals surface area (Å²) in [6.45, 7) is 7.32. The molecule has 2 saturated carbocycles. The summed E-state index contributed by atoms with van der Waals surface area (Å²) in [5, 5.41) is 0. The Labute approximate surface area is 119 Å². The number of carbonyl (C=O) groups is 2. The molecule has 3 fully saturated rings. The molecule has 2 aliphatic carbocycles. The quantitative estimate of drug-likeness (QED) is 0.575. The molecule has 3 rings (SSSR count). The molecule has 4 atom stereocenters. The van der Waals surface area contributed by atoms with E-state index in [1.54, 1.807) is 6.92 Å². The predicted octanol–water partition coefficient (Wildman–Crippen LogP) is 2.76. The molecule has 20 heavy (non-hydrogen) atoms. The largest absolute Gasteiger partial charge is 0.459 e. The molecule has 3 aliphatic rings. The highest BCUT2D eigenvalue weighted by Gasteiger charge is 2.59. The van der Waals surface area contributed by atoms with Crippen LogP contribution in [0.3, 0.4) is 0 Å². The summed E-state index contributed by atoms with van der Waals surface area (Å²) in [5.74, 6) is 0.433. The Balaban J connectivity index is 1.76. The third-order valence-corrected chi connectivity index (χ3v) is 5.15. The van der Waals surface area contributed by atoms with Gasteiger partial charge in [-0.2, -0.15) is 0 Å². The van der Waals surface area contributed by atoms with E-state index < -0.39 is 5.60 Å². The van der Waals surface area contributed by atoms with Gasteiger partial charge in [-0.25, -0.2) is 4.79 Å². The number of esters is 2. The third-order valence-electron chi connectivity index (χ3n) is 5.15. The molecule has 0 radical (unpaired) electrons. The van der Waals surface area contributed by atoms with Crippen molar-refractivity contribution in [2.75, 3.05) is 0 Å². The van der Waals surface area contributed by atoms with Gasteiger partial charge in [0.05, 0.1) is 0 Å². The normalized spacial score (nSPS) is 42.6. The topological polar surface area (TPSA) is 52.6 Å². The van der Waals surface area contributed by atoms with Crippen molar-refractivity contribution in [2.24, 2.45) is 11.8 Å². The second-order valence-electron chi connectivity index (χ2n) is 7.07. The summed E-state index contributed by atoms with van der Waals surface area (Å²) in [4.78, 5) is 23.3. The minimum Gasteiger partial charge on any atom is -0.459 e. The van der Waals surface area contributed by atoms with Crippen LogP contribution >= 0.6 is 0 Å². The summed E-state index contributed by atoms with van der Waals surface area (Å²) in [6.07, 6.45) is 5.04. The summed E-state index contributed by atoms with van der Waals surface area (Å²) < 4.78 is 11.3. The molecule has 1 saturated heterocycles. The maximum Gasteiger partial charge on any atom is 0.333 e. The van der Waals surface area contributed by atoms with E-state index in [0.29, 0.717) is 23.8 Å². The lowest BCUT2D eigenvalue weighted by atomic mass is 9.76. The van der Waals surface area contributed by atoms with E-state index in [1.807, 2.05) is 6.92 Å². The van der Waals surface area contributed by atoms with E-state index in [4.69, 9.17) is 9.47 Å². The molecular formula is C16H22O4. The van der Waals surface area contributed by atoms with Crippen molar-refractivity contribution in [3.05, 3.63) is 12.2 Å². The van der Waals surface area contributed by atoms with E-state index in [-0.39, 0.29) is 17.5 Å². The fourth-order valence-corrected chi connectivity index (χ4v) is 4.46. The Morgan fingerprint density at radius 1 is 1.40 bits per heavy atom. The molecule has 0 amide bonds. The van der Waals surface area contributed by atoms with Crippen LogP contribution in [0.1, 0.15) is 52.4 Å². The van der Waals surface area contributed by atoms with E-state index in [1.165, 1.54) is 0 Å². The van der Waals surface area contributed by atoms with Gasteiger partial charge in [-0.15, -0.1) is 0 Å². The minimum atomic E-state index is -0.442. The fourth-order valence-electron chi connectivity index (χ4n) is 4.46. The molecule has 1 heterocycles. The second kappa shape index (κ2) is 4.34. The van der Waals surface area contributed by atoms with Crippen LogP contribution in [0.25, 0.3) is 0 Å². The van der Waals surface area contributed by atoms with Gasteiger partial charge in [0.2, 0.25) is 0 Å². The van der Waals surface area contributed by atoms with Gasteiger partial charge in [-0.1, -0.05) is 6.58 Å². The van der Waals surface area contributed by atoms with Crippen LogP contribution in [0.2, 0.25) is 0 Å². The molecule has 110 valence electrons. The third kappa shape index (κ3) is 2.15. The lowest BCUT2D eigenvalue weighted by Gasteiger charge is -2.39. The van der Waals surface area contributed by atoms with Gasteiger partial charge >= 0.3 is 11.9 Å². The van der Waals surface area contributed by atoms with Crippen LogP contribution < -0.4 is 0 Å². The van der Waals surface area contributed by atoms with Gasteiger partial charge in [0, 0.05) is 17.9 Å². The monoisotopic (exact) mass is 278 g/mol. The van der Waals surface area contributed by atoms with Crippen LogP contribution in [0.5, 0.6) is 0 Å². The van der Waals surface area contributed by atoms with E-state index >= 15 is 0 Å². The highest BCUT2D eigenvalue weighted by molar-refractivity contribution is 5.87. The lowest BCUT2D eigenvalue weighted by Crippen LogP contribution is -2.41. The first-order valence-corrected chi connectivity index (χ1v) is 7.43. The number of fused-ring (bicyclic) bond motifs is 3. The Kier molecular flexibility index (Phi) is 2.96. The second-order valence-corrected chi connectivity index (χ2v) is 7.07. The maximum atomic E-state index is 11.8. The maximum absolute atomic E-state index is 11.8. The number of hydrogen-bond acceptors (Lipinski definition) is 4. The van der Waals surface area contributed by atoms with Gasteiger partial charge in [0.25, 0.3) is 0 Å². The molecule has 1 spiro atoms. The number of hydrogen-bond donors (Lipinski definition) is 0. The van der Waals surface area contributed by atoms with Crippen LogP contribution in [-0.4, -0.2) is 23.1 Å². The van der Waals surface area contributed by atoms with Crippen molar-refractivity contribution in [1.82, 2.24) is 0 Å². The van der Waals surface area contributed by atoms with Crippen LogP contribution in [0, 0.1) is 11.8 Å². The lowest BCUT2D eigenvalue weighted by molar-refractivity contribution is -0.163. The standard InChI is InChI=1S/C16H22O4/c1-10(2)14(18)20-15(3)7-11-6-12(9-15)16(8-11)5-4-13(17)19-16/h11-12H,1,4-9H2,2-3H3. The molecule has 0 aromatic heterocycles. The van der Waals surface area contributed by atoms with Crippen molar-refractivity contribution in [3.8, 4) is 0 Å². The Morgan fingerprint density at radius 3 is 2.75 bits per heavy atom. The number of ether oxygens (including phenoxy) is 2. The van der Waals surface area contributed by atoms with Crippen LogP contribution in [0.4, 0.5) is 0 Å². The average molecular weight is 278 g/mol. The zero-order chi connectivity index (χ0) is 14.5. The molecule has 4 unspecified atom stereocenters. The van der Waals surface area contributed by atoms with Crippen molar-refractivity contribution in [2.45, 2.75) is 63.6 Å². The van der Waals surface area contributed by atoms with E-state index in [9.17, 15) is 9.59 Å². The molecule has 0 N–H and O–H groups in total. The van der Waals surface area contributed by atoms with Gasteiger partial charge in [-0.05, 0) is 51.9 Å². The zero-order valence-electron chi connectivity index (χ0n) is 12.2. The fraction of sp³-hybridized carbons (Fsp3) is 0.750. The number of carbonyl (C=O) groups excluding carboxylic acids is 2. The first-order valence-electron chi connectivity index (χ1n) is 7.43. The molecule has 2 bridgehead atoms. The molecule has 4 nitrogen and oxygen atoms in total. The van der Waals surface area contributed by atoms with E-state index in [0.717, 1.165) is 32.1 Å². The molecule has 4 heteroatoms. The highest BCUT2D eigenvalue weighted by Crippen LogP contribution is 2.57. The summed E-state index contributed by atoms with van der Waals surface area (Å²) in [7, 11) is 0. The Hall–Kier alpha value is -1.32. The minimum absolute atomic E-state index is 0.0711. The Morgan fingerprint density at radius 2 is 2.15 bits per heavy atom. The van der Waals surface area contributed by atoms with E-state index in [2.05, 4.69) is 6.58 Å². The first-order chi connectivity index (χ1) is 9.32. The van der Waals surface area contributed by atoms with Crippen molar-refractivity contribution in [3.63, 3.8) is 0 Å². The van der Waals surface area contributed by atoms with Crippen LogP contribution in [0.15, 0.2) is 12.2 Å². The molecule has 1 aliphatic heterocycles. The van der Waals surface area contributed by atoms with Gasteiger partial charge in [-0.3, -0.25) is 4.79 Å². The zero-order valence-corrected chi connectivity index (χ0v) is 12.2. The molecular weight excluding hydrogens is 256 g/mol. The Bertz CT molecular complexity index is 483. The smallest absolute Gasteiger partial charge is 0.333 e. The van der Waals surface area contributed by atoms with Crippen molar-refractivity contribution < 1.29 is 19.1 Å². The van der Waals surface area contributed by atoms with Gasteiger partial charge < -0.3 is 9.47 Å². The van der Waals surface area contributed by atoms with Crippen LogP contribution in [-0.2, 0) is 19.1 Å².